The van der Waals surface area contributed by atoms with Crippen molar-refractivity contribution in [3.63, 3.8) is 0 Å². The molecule has 0 saturated carbocycles. The number of aromatic nitrogens is 3. The maximum atomic E-state index is 15.1. The first-order valence-corrected chi connectivity index (χ1v) is 21.1. The van der Waals surface area contributed by atoms with Crippen LogP contribution in [0, 0.1) is 5.82 Å². The highest BCUT2D eigenvalue weighted by Gasteiger charge is 2.29. The molecule has 0 unspecified atom stereocenters. The topological polar surface area (TPSA) is 193 Å². The molecule has 1 aliphatic rings. The largest absolute Gasteiger partial charge is 0.445 e. The van der Waals surface area contributed by atoms with Gasteiger partial charge < -0.3 is 30.3 Å². The highest BCUT2D eigenvalue weighted by Crippen LogP contribution is 2.31. The molecule has 3 heterocycles. The van der Waals surface area contributed by atoms with Crippen LogP contribution >= 0.6 is 0 Å². The molecule has 66 heavy (non-hydrogen) atoms. The molecule has 7 rings (SSSR count). The van der Waals surface area contributed by atoms with E-state index in [1.165, 1.54) is 57.3 Å². The molecule has 342 valence electrons. The van der Waals surface area contributed by atoms with Gasteiger partial charge in [-0.2, -0.15) is 5.10 Å². The minimum absolute atomic E-state index is 0.0179. The minimum atomic E-state index is -3.04. The lowest BCUT2D eigenvalue weighted by Gasteiger charge is -2.36. The van der Waals surface area contributed by atoms with Crippen molar-refractivity contribution in [2.75, 3.05) is 64.8 Å². The number of carbonyl (C=O) groups is 4. The van der Waals surface area contributed by atoms with Crippen LogP contribution in [0.4, 0.5) is 23.7 Å². The summed E-state index contributed by atoms with van der Waals surface area (Å²) in [5.74, 6) is -5.25. The monoisotopic (exact) mass is 904 g/mol. The van der Waals surface area contributed by atoms with Gasteiger partial charge in [-0.15, -0.1) is 0 Å². The first kappa shape index (κ1) is 46.4. The number of nitrogens with zero attached hydrogens (tertiary/aromatic N) is 5. The average Bonchev–Trinajstić information content (AvgIpc) is 3.32. The third kappa shape index (κ3) is 11.6. The van der Waals surface area contributed by atoms with Crippen molar-refractivity contribution < 1.29 is 41.8 Å². The van der Waals surface area contributed by atoms with Crippen LogP contribution < -0.4 is 16.6 Å². The standard InChI is InChI=1S/C48H47F3N8O7/c1-48(50,51)35-11-7-10-33(26-35)34-27-40(52)43(54-28-34)45(62)53-16-22-65-23-21-59(47(64)66-30-31-8-3-2-4-9-31)29-42(60)57-17-19-58(20-18-57)46(63)38-24-32(14-15-39(38)49)25-41-36-12-5-6-13-37(36)44(61)56-55-41/h2-15,24,26-28H,16-23,25,29-30,52H2,1H3,(H,53,62)(H,56,61). The van der Waals surface area contributed by atoms with E-state index in [0.717, 1.165) is 12.5 Å². The van der Waals surface area contributed by atoms with Gasteiger partial charge in [0, 0.05) is 75.3 Å². The van der Waals surface area contributed by atoms with E-state index in [4.69, 9.17) is 15.2 Å². The van der Waals surface area contributed by atoms with E-state index in [0.29, 0.717) is 33.2 Å². The number of amides is 4. The predicted octanol–water partition coefficient (Wildman–Crippen LogP) is 5.78. The fourth-order valence-electron chi connectivity index (χ4n) is 7.38. The van der Waals surface area contributed by atoms with Crippen molar-refractivity contribution >= 4 is 40.3 Å². The van der Waals surface area contributed by atoms with Crippen molar-refractivity contribution in [2.24, 2.45) is 0 Å². The Labute approximate surface area is 377 Å². The highest BCUT2D eigenvalue weighted by molar-refractivity contribution is 5.98. The number of H-pyrrole nitrogens is 1. The number of piperazine rings is 1. The fraction of sp³-hybridized carbons (Fsp3) is 0.271. The van der Waals surface area contributed by atoms with Gasteiger partial charge in [-0.25, -0.2) is 28.0 Å². The first-order chi connectivity index (χ1) is 31.7. The van der Waals surface area contributed by atoms with Crippen LogP contribution in [0.15, 0.2) is 114 Å². The summed E-state index contributed by atoms with van der Waals surface area (Å²) >= 11 is 0. The SMILES string of the molecule is CC(F)(F)c1cccc(-c2cnc(C(=O)NCCOCCN(CC(=O)N3CCN(C(=O)c4cc(Cc5n[nH]c(=O)c6ccccc56)ccc4F)CC3)C(=O)OCc3ccccc3)c(N)c2)c1. The van der Waals surface area contributed by atoms with E-state index < -0.39 is 35.6 Å². The summed E-state index contributed by atoms with van der Waals surface area (Å²) in [4.78, 5) is 74.0. The number of hydrogen-bond acceptors (Lipinski definition) is 10. The quantitative estimate of drug-likeness (QED) is 0.100. The average molecular weight is 905 g/mol. The maximum Gasteiger partial charge on any atom is 0.410 e. The Balaban J connectivity index is 0.905. The van der Waals surface area contributed by atoms with Gasteiger partial charge in [0.15, 0.2) is 5.69 Å². The molecule has 1 aliphatic heterocycles. The number of fused-ring (bicyclic) bond motifs is 1. The summed E-state index contributed by atoms with van der Waals surface area (Å²) in [6.45, 7) is 0.953. The number of aromatic amines is 1. The van der Waals surface area contributed by atoms with Crippen LogP contribution in [0.25, 0.3) is 21.9 Å². The second kappa shape index (κ2) is 20.9. The number of halogens is 3. The van der Waals surface area contributed by atoms with Gasteiger partial charge >= 0.3 is 6.09 Å². The van der Waals surface area contributed by atoms with Crippen molar-refractivity contribution in [1.29, 1.82) is 0 Å². The second-order valence-electron chi connectivity index (χ2n) is 15.7. The number of benzene rings is 4. The molecule has 4 N–H and O–H groups in total. The highest BCUT2D eigenvalue weighted by atomic mass is 19.3. The Morgan fingerprint density at radius 3 is 2.32 bits per heavy atom. The van der Waals surface area contributed by atoms with Crippen LogP contribution in [0.2, 0.25) is 0 Å². The van der Waals surface area contributed by atoms with Crippen molar-refractivity contribution in [3.05, 3.63) is 159 Å². The van der Waals surface area contributed by atoms with E-state index >= 15 is 4.39 Å². The van der Waals surface area contributed by atoms with Gasteiger partial charge in [-0.1, -0.05) is 72.8 Å². The first-order valence-electron chi connectivity index (χ1n) is 21.1. The molecule has 0 spiro atoms. The zero-order chi connectivity index (χ0) is 46.8. The lowest BCUT2D eigenvalue weighted by atomic mass is 10.0. The number of nitrogens with one attached hydrogen (secondary N) is 2. The van der Waals surface area contributed by atoms with Gasteiger partial charge in [-0.05, 0) is 47.0 Å². The fourth-order valence-corrected chi connectivity index (χ4v) is 7.38. The predicted molar refractivity (Wildman–Crippen MR) is 239 cm³/mol. The number of pyridine rings is 1. The lowest BCUT2D eigenvalue weighted by molar-refractivity contribution is -0.133. The van der Waals surface area contributed by atoms with Gasteiger partial charge in [0.1, 0.15) is 19.0 Å². The van der Waals surface area contributed by atoms with Gasteiger partial charge in [0.05, 0.1) is 35.5 Å². The maximum absolute atomic E-state index is 15.1. The van der Waals surface area contributed by atoms with Crippen LogP contribution in [-0.2, 0) is 33.2 Å². The number of nitrogen functional groups attached to an aromatic ring is 1. The van der Waals surface area contributed by atoms with E-state index in [2.05, 4.69) is 20.5 Å². The Kier molecular flexibility index (Phi) is 14.7. The Bertz CT molecular complexity index is 2780. The molecule has 4 aromatic carbocycles. The van der Waals surface area contributed by atoms with Crippen LogP contribution in [0.3, 0.4) is 0 Å². The molecular formula is C48H47F3N8O7. The number of carbonyl (C=O) groups excluding carboxylic acids is 4. The number of anilines is 1. The Hall–Kier alpha value is -7.60. The Morgan fingerprint density at radius 2 is 1.58 bits per heavy atom. The van der Waals surface area contributed by atoms with Crippen molar-refractivity contribution in [3.8, 4) is 11.1 Å². The van der Waals surface area contributed by atoms with Crippen molar-refractivity contribution in [2.45, 2.75) is 25.9 Å². The molecular weight excluding hydrogens is 858 g/mol. The molecule has 18 heteroatoms. The molecule has 2 aromatic heterocycles. The van der Waals surface area contributed by atoms with E-state index in [9.17, 15) is 32.8 Å². The van der Waals surface area contributed by atoms with E-state index in [1.807, 2.05) is 6.07 Å². The molecule has 1 fully saturated rings. The summed E-state index contributed by atoms with van der Waals surface area (Å²) < 4.78 is 54.1. The van der Waals surface area contributed by atoms with Crippen molar-refractivity contribution in [1.82, 2.24) is 35.2 Å². The molecule has 4 amide bonds. The number of nitrogens with two attached hydrogens (primary N) is 1. The molecule has 0 bridgehead atoms. The zero-order valence-electron chi connectivity index (χ0n) is 36.0. The molecule has 0 aliphatic carbocycles. The third-order valence-corrected chi connectivity index (χ3v) is 11.0. The van der Waals surface area contributed by atoms with Crippen LogP contribution in [0.5, 0.6) is 0 Å². The van der Waals surface area contributed by atoms with Gasteiger partial charge in [0.25, 0.3) is 23.3 Å². The van der Waals surface area contributed by atoms with E-state index in [-0.39, 0.29) is 100 Å². The molecule has 15 nitrogen and oxygen atoms in total. The summed E-state index contributed by atoms with van der Waals surface area (Å²) in [5.41, 5.74) is 8.34. The molecule has 1 saturated heterocycles. The van der Waals surface area contributed by atoms with Gasteiger partial charge in [-0.3, -0.25) is 24.1 Å². The van der Waals surface area contributed by atoms with E-state index in [1.54, 1.807) is 60.7 Å². The molecule has 6 aromatic rings. The molecule has 0 atom stereocenters. The van der Waals surface area contributed by atoms with Crippen LogP contribution in [-0.4, -0.2) is 113 Å². The van der Waals surface area contributed by atoms with Gasteiger partial charge in [0.2, 0.25) is 5.91 Å². The number of ether oxygens (including phenoxy) is 2. The van der Waals surface area contributed by atoms with Crippen LogP contribution in [0.1, 0.15) is 50.2 Å². The summed E-state index contributed by atoms with van der Waals surface area (Å²) in [6.07, 6.45) is 0.863. The normalized spacial score (nSPS) is 12.8. The smallest absolute Gasteiger partial charge is 0.410 e. The lowest BCUT2D eigenvalue weighted by Crippen LogP contribution is -2.53. The third-order valence-electron chi connectivity index (χ3n) is 11.0. The summed E-state index contributed by atoms with van der Waals surface area (Å²) in [5, 5.41) is 10.5. The minimum Gasteiger partial charge on any atom is -0.445 e. The zero-order valence-corrected chi connectivity index (χ0v) is 36.0. The number of rotatable bonds is 16. The summed E-state index contributed by atoms with van der Waals surface area (Å²) in [7, 11) is 0. The Morgan fingerprint density at radius 1 is 0.848 bits per heavy atom. The molecule has 0 radical (unpaired) electrons. The summed E-state index contributed by atoms with van der Waals surface area (Å²) in [6, 6.07) is 27.6. The number of alkyl halides is 2. The second-order valence-corrected chi connectivity index (χ2v) is 15.7. The number of hydrogen-bond donors (Lipinski definition) is 3.